The van der Waals surface area contributed by atoms with Crippen molar-refractivity contribution in [2.75, 3.05) is 18.9 Å². The second-order valence-electron chi connectivity index (χ2n) is 9.52. The van der Waals surface area contributed by atoms with Crippen LogP contribution in [-0.4, -0.2) is 80.4 Å². The number of nitrogens with one attached hydrogen (secondary N) is 2. The van der Waals surface area contributed by atoms with Crippen LogP contribution < -0.4 is 20.8 Å². The number of hydrogen-bond donors (Lipinski definition) is 4. The number of H-pyrrole nitrogens is 1. The maximum absolute atomic E-state index is 13.0. The molecule has 0 radical (unpaired) electrons. The molecule has 3 aliphatic rings. The van der Waals surface area contributed by atoms with Gasteiger partial charge in [-0.1, -0.05) is 0 Å². The van der Waals surface area contributed by atoms with Crippen LogP contribution in [0.5, 0.6) is 5.88 Å². The molecule has 0 amide bonds. The molecular formula is C20H25N8O9PS2. The smallest absolute Gasteiger partial charge is 0.336 e. The van der Waals surface area contributed by atoms with Gasteiger partial charge >= 0.3 is 17.0 Å². The van der Waals surface area contributed by atoms with Gasteiger partial charge in [-0.3, -0.25) is 14.3 Å². The lowest BCUT2D eigenvalue weighted by Gasteiger charge is -2.26. The minimum Gasteiger partial charge on any atom is -0.474 e. The first-order valence-electron chi connectivity index (χ1n) is 12.2. The van der Waals surface area contributed by atoms with Crippen LogP contribution in [0.2, 0.25) is 0 Å². The number of fused-ring (bicyclic) bond motifs is 4. The van der Waals surface area contributed by atoms with Gasteiger partial charge in [0.05, 0.1) is 25.1 Å². The van der Waals surface area contributed by atoms with Crippen molar-refractivity contribution in [3.05, 3.63) is 35.3 Å². The van der Waals surface area contributed by atoms with Gasteiger partial charge in [0.1, 0.15) is 18.5 Å². The summed E-state index contributed by atoms with van der Waals surface area (Å²) in [6, 6.07) is 1.60. The third-order valence-corrected chi connectivity index (χ3v) is 9.37. The average molecular weight is 617 g/mol. The van der Waals surface area contributed by atoms with E-state index < -0.39 is 53.0 Å². The second-order valence-corrected chi connectivity index (χ2v) is 13.7. The fraction of sp³-hybridized carbons (Fsp3) is 0.550. The Morgan fingerprint density at radius 3 is 2.90 bits per heavy atom. The Morgan fingerprint density at radius 2 is 2.10 bits per heavy atom. The van der Waals surface area contributed by atoms with Gasteiger partial charge in [-0.25, -0.2) is 19.1 Å². The molecule has 0 spiro atoms. The molecule has 3 aromatic rings. The van der Waals surface area contributed by atoms with Gasteiger partial charge < -0.3 is 29.1 Å². The SMILES string of the molecule is Nc1nc2c(ncn2[C@H]2O[C@@H]3COP(O)(=S)O[C@H]4C[C@H](Oc5ccncn5)C[C@@H]4CNS(=O)(=O)O[C@@H]2C3)c(=O)[nH]1. The minimum atomic E-state index is -4.31. The number of aromatic amines is 1. The number of hydrogen-bond acceptors (Lipinski definition) is 14. The summed E-state index contributed by atoms with van der Waals surface area (Å²) in [5, 5.41) is 0. The molecule has 17 nitrogen and oxygen atoms in total. The highest BCUT2D eigenvalue weighted by atomic mass is 32.5. The molecule has 3 fully saturated rings. The van der Waals surface area contributed by atoms with Crippen molar-refractivity contribution in [1.82, 2.24) is 34.2 Å². The van der Waals surface area contributed by atoms with Crippen LogP contribution in [-0.2, 0) is 40.1 Å². The highest BCUT2D eigenvalue weighted by Crippen LogP contribution is 2.50. The average Bonchev–Trinajstić information content (AvgIpc) is 3.58. The largest absolute Gasteiger partial charge is 0.474 e. The fourth-order valence-electron chi connectivity index (χ4n) is 5.07. The molecule has 216 valence electrons. The Morgan fingerprint density at radius 1 is 1.25 bits per heavy atom. The number of aromatic nitrogens is 6. The van der Waals surface area contributed by atoms with E-state index in [1.807, 2.05) is 0 Å². The van der Waals surface area contributed by atoms with E-state index in [2.05, 4.69) is 29.6 Å². The Kier molecular flexibility index (Phi) is 7.34. The van der Waals surface area contributed by atoms with Gasteiger partial charge in [-0.05, 0) is 18.2 Å². The van der Waals surface area contributed by atoms with Crippen LogP contribution in [0.15, 0.2) is 29.7 Å². The van der Waals surface area contributed by atoms with Gasteiger partial charge in [-0.2, -0.15) is 18.1 Å². The highest BCUT2D eigenvalue weighted by molar-refractivity contribution is 8.07. The Hall–Kier alpha value is -2.61. The molecule has 20 heteroatoms. The van der Waals surface area contributed by atoms with Crippen LogP contribution in [0.3, 0.4) is 0 Å². The number of imidazole rings is 1. The summed E-state index contributed by atoms with van der Waals surface area (Å²) in [5.74, 6) is -0.232. The summed E-state index contributed by atoms with van der Waals surface area (Å²) >= 11 is 5.27. The van der Waals surface area contributed by atoms with E-state index in [0.717, 1.165) is 0 Å². The molecule has 40 heavy (non-hydrogen) atoms. The molecule has 2 bridgehead atoms. The molecule has 2 aliphatic heterocycles. The summed E-state index contributed by atoms with van der Waals surface area (Å²) in [6.45, 7) is -4.06. The van der Waals surface area contributed by atoms with Crippen molar-refractivity contribution in [2.24, 2.45) is 5.92 Å². The summed E-state index contributed by atoms with van der Waals surface area (Å²) < 4.78 is 58.8. The molecule has 1 aliphatic carbocycles. The fourth-order valence-corrected chi connectivity index (χ4v) is 7.58. The molecule has 1 unspecified atom stereocenters. The molecule has 1 saturated carbocycles. The zero-order valence-corrected chi connectivity index (χ0v) is 23.1. The zero-order valence-electron chi connectivity index (χ0n) is 20.6. The monoisotopic (exact) mass is 616 g/mol. The van der Waals surface area contributed by atoms with Crippen LogP contribution in [0.1, 0.15) is 25.5 Å². The number of ether oxygens (including phenoxy) is 2. The molecule has 2 saturated heterocycles. The van der Waals surface area contributed by atoms with Crippen LogP contribution in [0.4, 0.5) is 5.95 Å². The molecule has 0 aromatic carbocycles. The summed E-state index contributed by atoms with van der Waals surface area (Å²) in [6.07, 6.45) is 0.943. The molecule has 3 aromatic heterocycles. The Labute approximate surface area is 231 Å². The lowest BCUT2D eigenvalue weighted by molar-refractivity contribution is -0.0431. The van der Waals surface area contributed by atoms with Crippen molar-refractivity contribution in [1.29, 1.82) is 0 Å². The molecule has 5 heterocycles. The first-order valence-corrected chi connectivity index (χ1v) is 16.2. The Bertz CT molecular complexity index is 1610. The van der Waals surface area contributed by atoms with Gasteiger partial charge in [0.15, 0.2) is 17.4 Å². The number of rotatable bonds is 3. The van der Waals surface area contributed by atoms with Crippen LogP contribution in [0, 0.1) is 5.92 Å². The molecular weight excluding hydrogens is 591 g/mol. The number of nitrogen functional groups attached to an aromatic ring is 1. The van der Waals surface area contributed by atoms with Crippen molar-refractivity contribution < 1.29 is 36.0 Å². The highest BCUT2D eigenvalue weighted by Gasteiger charge is 2.45. The Balaban J connectivity index is 1.25. The van der Waals surface area contributed by atoms with Crippen LogP contribution >= 0.6 is 6.72 Å². The van der Waals surface area contributed by atoms with Crippen molar-refractivity contribution >= 4 is 45.9 Å². The molecule has 7 atom stereocenters. The lowest BCUT2D eigenvalue weighted by Crippen LogP contribution is -2.37. The van der Waals surface area contributed by atoms with Crippen molar-refractivity contribution in [3.8, 4) is 5.88 Å². The first-order chi connectivity index (χ1) is 19.1. The summed E-state index contributed by atoms with van der Waals surface area (Å²) in [4.78, 5) is 41.5. The van der Waals surface area contributed by atoms with E-state index in [1.54, 1.807) is 6.07 Å². The quantitative estimate of drug-likeness (QED) is 0.272. The van der Waals surface area contributed by atoms with Gasteiger partial charge in [0.25, 0.3) is 5.56 Å². The van der Waals surface area contributed by atoms with Crippen LogP contribution in [0.25, 0.3) is 11.2 Å². The standard InChI is InChI=1S/C20H25N8O9PS2/c21-20-26-17-16(18(29)27-20)24-9-28(17)19-14-5-12(35-19)7-33-38(30,39)36-13-4-11(34-15-1-2-22-8-23-15)3-10(13)6-25-40(31,32)37-14/h1-2,8-14,19,25H,3-7H2,(H,30,39)(H3,21,26,27,29)/t10-,11-,12+,13+,14-,19+,38?/m1/s1. The van der Waals surface area contributed by atoms with E-state index in [-0.39, 0.29) is 42.8 Å². The molecule has 6 rings (SSSR count). The topological polar surface area (TPSA) is 228 Å². The van der Waals surface area contributed by atoms with Gasteiger partial charge in [0, 0.05) is 37.6 Å². The normalized spacial score (nSPS) is 34.4. The van der Waals surface area contributed by atoms with E-state index in [0.29, 0.717) is 18.7 Å². The minimum absolute atomic E-state index is 0.0168. The maximum Gasteiger partial charge on any atom is 0.336 e. The molecule has 5 N–H and O–H groups in total. The zero-order chi connectivity index (χ0) is 28.1. The van der Waals surface area contributed by atoms with E-state index >= 15 is 0 Å². The number of nitrogens with zero attached hydrogens (tertiary/aromatic N) is 5. The maximum atomic E-state index is 13.0. The lowest BCUT2D eigenvalue weighted by atomic mass is 10.1. The predicted molar refractivity (Wildman–Crippen MR) is 139 cm³/mol. The van der Waals surface area contributed by atoms with E-state index in [9.17, 15) is 18.1 Å². The summed E-state index contributed by atoms with van der Waals surface area (Å²) in [7, 11) is -4.31. The van der Waals surface area contributed by atoms with E-state index in [4.69, 9.17) is 40.2 Å². The van der Waals surface area contributed by atoms with E-state index in [1.165, 1.54) is 23.4 Å². The third kappa shape index (κ3) is 5.88. The summed E-state index contributed by atoms with van der Waals surface area (Å²) in [5.41, 5.74) is 5.19. The third-order valence-electron chi connectivity index (χ3n) is 6.76. The second kappa shape index (κ2) is 10.7. The predicted octanol–water partition coefficient (Wildman–Crippen LogP) is -0.511. The first kappa shape index (κ1) is 27.6. The number of anilines is 1. The number of nitrogens with two attached hydrogens (primary N) is 1. The van der Waals surface area contributed by atoms with Crippen molar-refractivity contribution in [2.45, 2.75) is 49.9 Å². The van der Waals surface area contributed by atoms with Gasteiger partial charge in [0.2, 0.25) is 11.8 Å². The van der Waals surface area contributed by atoms with Crippen molar-refractivity contribution in [3.63, 3.8) is 0 Å². The van der Waals surface area contributed by atoms with Gasteiger partial charge in [-0.15, -0.1) is 0 Å².